The molecule has 0 saturated heterocycles. The average Bonchev–Trinajstić information content (AvgIpc) is 2.07. The van der Waals surface area contributed by atoms with Crippen LogP contribution < -0.4 is 5.30 Å². The molecule has 0 N–H and O–H groups in total. The summed E-state index contributed by atoms with van der Waals surface area (Å²) in [6.45, 7) is 2.25. The second-order valence-electron chi connectivity index (χ2n) is 2.76. The Morgan fingerprint density at radius 3 is 2.55 bits per heavy atom. The first-order valence-corrected chi connectivity index (χ1v) is 5.71. The van der Waals surface area contributed by atoms with Crippen LogP contribution in [0.15, 0.2) is 30.3 Å². The zero-order valence-electron chi connectivity index (χ0n) is 7.09. The lowest BCUT2D eigenvalue weighted by Gasteiger charge is -1.91. The van der Waals surface area contributed by atoms with Crippen LogP contribution in [0.25, 0.3) is 0 Å². The zero-order chi connectivity index (χ0) is 7.94. The fraction of sp³-hybridized carbons (Fsp3) is 0.400. The molecule has 0 aliphatic heterocycles. The van der Waals surface area contributed by atoms with Crippen molar-refractivity contribution >= 4 is 13.9 Å². The monoisotopic (exact) mass is 167 g/mol. The molecule has 0 spiro atoms. The zero-order valence-corrected chi connectivity index (χ0v) is 8.24. The average molecular weight is 167 g/mol. The van der Waals surface area contributed by atoms with E-state index < -0.39 is 0 Å². The molecule has 0 aliphatic carbocycles. The third-order valence-corrected chi connectivity index (χ3v) is 3.29. The second-order valence-corrected chi connectivity index (χ2v) is 4.41. The predicted octanol–water partition coefficient (Wildman–Crippen LogP) is 2.52. The van der Waals surface area contributed by atoms with Gasteiger partial charge in [0.2, 0.25) is 0 Å². The molecule has 0 saturated carbocycles. The van der Waals surface area contributed by atoms with Crippen LogP contribution >= 0.6 is 8.58 Å². The molecule has 1 unspecified atom stereocenters. The number of benzene rings is 1. The summed E-state index contributed by atoms with van der Waals surface area (Å²) in [5.74, 6) is 0. The molecule has 0 aromatic heterocycles. The van der Waals surface area contributed by atoms with E-state index in [2.05, 4.69) is 37.3 Å². The van der Waals surface area contributed by atoms with E-state index in [0.29, 0.717) is 8.58 Å². The molecule has 0 heterocycles. The van der Waals surface area contributed by atoms with Crippen LogP contribution in [0.4, 0.5) is 0 Å². The first-order valence-electron chi connectivity index (χ1n) is 4.31. The summed E-state index contributed by atoms with van der Waals surface area (Å²) in [5, 5.41) is 1.56. The molecule has 1 aromatic rings. The first-order chi connectivity index (χ1) is 5.43. The third kappa shape index (κ3) is 3.53. The standard InChI is InChI=1S/C10H15P/c1-2-3-9-11-10-7-5-4-6-8-10/h4-8,11H,2-3,9H2,1H3/p+1. The van der Waals surface area contributed by atoms with Crippen molar-refractivity contribution in [3.05, 3.63) is 30.3 Å². The smallest absolute Gasteiger partial charge is 0.0652 e. The molecule has 0 nitrogen and oxygen atoms in total. The van der Waals surface area contributed by atoms with Crippen LogP contribution in [0.5, 0.6) is 0 Å². The minimum Gasteiger partial charge on any atom is -0.0652 e. The SMILES string of the molecule is CCCC[PH2+]c1ccccc1. The summed E-state index contributed by atoms with van der Waals surface area (Å²) < 4.78 is 0. The highest BCUT2D eigenvalue weighted by Crippen LogP contribution is 2.11. The highest BCUT2D eigenvalue weighted by molar-refractivity contribution is 7.47. The maximum Gasteiger partial charge on any atom is 0.0889 e. The Bertz CT molecular complexity index is 181. The van der Waals surface area contributed by atoms with Crippen molar-refractivity contribution in [2.75, 3.05) is 6.16 Å². The van der Waals surface area contributed by atoms with Gasteiger partial charge in [0.15, 0.2) is 0 Å². The highest BCUT2D eigenvalue weighted by atomic mass is 31.1. The van der Waals surface area contributed by atoms with Crippen LogP contribution in [-0.2, 0) is 0 Å². The van der Waals surface area contributed by atoms with Gasteiger partial charge in [-0.3, -0.25) is 0 Å². The number of rotatable bonds is 4. The van der Waals surface area contributed by atoms with Gasteiger partial charge in [-0.25, -0.2) is 0 Å². The maximum atomic E-state index is 2.25. The van der Waals surface area contributed by atoms with E-state index in [0.717, 1.165) is 0 Å². The van der Waals surface area contributed by atoms with E-state index in [1.807, 2.05) is 0 Å². The summed E-state index contributed by atoms with van der Waals surface area (Å²) in [6.07, 6.45) is 4.14. The summed E-state index contributed by atoms with van der Waals surface area (Å²) in [7, 11) is 0.544. The minimum atomic E-state index is 0.544. The molecule has 0 amide bonds. The Labute approximate surface area is 70.8 Å². The molecule has 11 heavy (non-hydrogen) atoms. The summed E-state index contributed by atoms with van der Waals surface area (Å²) in [4.78, 5) is 0. The van der Waals surface area contributed by atoms with Gasteiger partial charge in [-0.2, -0.15) is 0 Å². The van der Waals surface area contributed by atoms with Crippen molar-refractivity contribution in [1.29, 1.82) is 0 Å². The Morgan fingerprint density at radius 1 is 1.18 bits per heavy atom. The highest BCUT2D eigenvalue weighted by Gasteiger charge is 1.96. The maximum absolute atomic E-state index is 2.25. The molecule has 0 bridgehead atoms. The fourth-order valence-electron chi connectivity index (χ4n) is 1.06. The van der Waals surface area contributed by atoms with Gasteiger partial charge in [-0.15, -0.1) is 0 Å². The molecule has 1 aromatic carbocycles. The van der Waals surface area contributed by atoms with Gasteiger partial charge in [0.1, 0.15) is 0 Å². The lowest BCUT2D eigenvalue weighted by Crippen LogP contribution is -1.92. The van der Waals surface area contributed by atoms with Gasteiger partial charge in [-0.05, 0) is 18.6 Å². The first kappa shape index (κ1) is 8.74. The Morgan fingerprint density at radius 2 is 1.91 bits per heavy atom. The van der Waals surface area contributed by atoms with Crippen molar-refractivity contribution in [1.82, 2.24) is 0 Å². The molecule has 60 valence electrons. The van der Waals surface area contributed by atoms with Crippen LogP contribution in [0, 0.1) is 0 Å². The quantitative estimate of drug-likeness (QED) is 0.477. The van der Waals surface area contributed by atoms with Crippen molar-refractivity contribution in [2.24, 2.45) is 0 Å². The van der Waals surface area contributed by atoms with E-state index in [1.165, 1.54) is 19.0 Å². The summed E-state index contributed by atoms with van der Waals surface area (Å²) in [6, 6.07) is 10.8. The Hall–Kier alpha value is -0.350. The van der Waals surface area contributed by atoms with Gasteiger partial charge >= 0.3 is 0 Å². The van der Waals surface area contributed by atoms with Gasteiger partial charge < -0.3 is 0 Å². The summed E-state index contributed by atoms with van der Waals surface area (Å²) >= 11 is 0. The van der Waals surface area contributed by atoms with Gasteiger partial charge in [0.25, 0.3) is 0 Å². The van der Waals surface area contributed by atoms with Gasteiger partial charge in [0.05, 0.1) is 11.5 Å². The van der Waals surface area contributed by atoms with Crippen LogP contribution in [0.3, 0.4) is 0 Å². The second kappa shape index (κ2) is 5.32. The van der Waals surface area contributed by atoms with E-state index in [9.17, 15) is 0 Å². The number of hydrogen-bond donors (Lipinski definition) is 0. The topological polar surface area (TPSA) is 0 Å². The van der Waals surface area contributed by atoms with Gasteiger partial charge in [0, 0.05) is 8.58 Å². The Kier molecular flexibility index (Phi) is 4.23. The van der Waals surface area contributed by atoms with Crippen LogP contribution in [-0.4, -0.2) is 6.16 Å². The minimum absolute atomic E-state index is 0.544. The molecule has 0 aliphatic rings. The molecule has 1 atom stereocenters. The summed E-state index contributed by atoms with van der Waals surface area (Å²) in [5.41, 5.74) is 0. The number of hydrogen-bond acceptors (Lipinski definition) is 0. The molecule has 0 fully saturated rings. The fourth-order valence-corrected chi connectivity index (χ4v) is 2.50. The van der Waals surface area contributed by atoms with Crippen molar-refractivity contribution in [2.45, 2.75) is 19.8 Å². The molecular formula is C10H16P+. The van der Waals surface area contributed by atoms with E-state index in [4.69, 9.17) is 0 Å². The van der Waals surface area contributed by atoms with Crippen molar-refractivity contribution < 1.29 is 0 Å². The van der Waals surface area contributed by atoms with Crippen molar-refractivity contribution in [3.8, 4) is 0 Å². The molecular weight excluding hydrogens is 151 g/mol. The lowest BCUT2D eigenvalue weighted by molar-refractivity contribution is 0.895. The normalized spacial score (nSPS) is 11.0. The van der Waals surface area contributed by atoms with E-state index in [-0.39, 0.29) is 0 Å². The van der Waals surface area contributed by atoms with Crippen molar-refractivity contribution in [3.63, 3.8) is 0 Å². The number of unbranched alkanes of at least 4 members (excludes halogenated alkanes) is 1. The Balaban J connectivity index is 2.28. The molecule has 0 radical (unpaired) electrons. The van der Waals surface area contributed by atoms with E-state index in [1.54, 1.807) is 5.30 Å². The lowest BCUT2D eigenvalue weighted by atomic mass is 10.4. The predicted molar refractivity (Wildman–Crippen MR) is 55.6 cm³/mol. The molecule has 1 heteroatoms. The molecule has 1 rings (SSSR count). The van der Waals surface area contributed by atoms with Crippen LogP contribution in [0.1, 0.15) is 19.8 Å². The van der Waals surface area contributed by atoms with Crippen LogP contribution in [0.2, 0.25) is 0 Å². The largest absolute Gasteiger partial charge is 0.0889 e. The van der Waals surface area contributed by atoms with Gasteiger partial charge in [-0.1, -0.05) is 31.5 Å². The third-order valence-electron chi connectivity index (χ3n) is 1.74. The van der Waals surface area contributed by atoms with E-state index >= 15 is 0 Å².